The van der Waals surface area contributed by atoms with Gasteiger partial charge in [-0.2, -0.15) is 0 Å². The maximum atomic E-state index is 13.1. The van der Waals surface area contributed by atoms with Crippen molar-refractivity contribution in [2.45, 2.75) is 13.5 Å². The number of hydrogen-bond acceptors (Lipinski definition) is 4. The van der Waals surface area contributed by atoms with Gasteiger partial charge in [0, 0.05) is 12.7 Å². The molecule has 6 nitrogen and oxygen atoms in total. The Morgan fingerprint density at radius 3 is 2.76 bits per heavy atom. The minimum Gasteiger partial charge on any atom is -0.477 e. The molecule has 0 atom stereocenters. The summed E-state index contributed by atoms with van der Waals surface area (Å²) in [6.07, 6.45) is 1.20. The molecule has 0 bridgehead atoms. The second-order valence-corrected chi connectivity index (χ2v) is 4.34. The fraction of sp³-hybridized carbons (Fsp3) is 0.143. The third-order valence-electron chi connectivity index (χ3n) is 2.75. The molecule has 1 aromatic carbocycles. The molecular formula is C14H12FN3O3. The predicted molar refractivity (Wildman–Crippen MR) is 71.3 cm³/mol. The highest BCUT2D eigenvalue weighted by Crippen LogP contribution is 2.09. The molecular weight excluding hydrogens is 277 g/mol. The Balaban J connectivity index is 2.06. The highest BCUT2D eigenvalue weighted by molar-refractivity contribution is 5.92. The largest absolute Gasteiger partial charge is 0.477 e. The van der Waals surface area contributed by atoms with E-state index >= 15 is 0 Å². The van der Waals surface area contributed by atoms with Crippen LogP contribution < -0.4 is 5.32 Å². The van der Waals surface area contributed by atoms with E-state index in [0.717, 1.165) is 5.56 Å². The molecule has 108 valence electrons. The zero-order chi connectivity index (χ0) is 15.4. The minimum atomic E-state index is -1.24. The average Bonchev–Trinajstić information content (AvgIpc) is 2.48. The Bertz CT molecular complexity index is 704. The number of carbonyl (C=O) groups is 2. The van der Waals surface area contributed by atoms with Gasteiger partial charge in [-0.05, 0) is 30.2 Å². The number of carboxylic acids is 1. The lowest BCUT2D eigenvalue weighted by Crippen LogP contribution is -2.25. The van der Waals surface area contributed by atoms with Crippen LogP contribution in [0.4, 0.5) is 4.39 Å². The van der Waals surface area contributed by atoms with Crippen LogP contribution in [-0.2, 0) is 6.54 Å². The highest BCUT2D eigenvalue weighted by atomic mass is 19.1. The molecule has 0 aliphatic rings. The van der Waals surface area contributed by atoms with Crippen molar-refractivity contribution >= 4 is 11.9 Å². The zero-order valence-electron chi connectivity index (χ0n) is 11.1. The lowest BCUT2D eigenvalue weighted by molar-refractivity contribution is 0.0690. The predicted octanol–water partition coefficient (Wildman–Crippen LogP) is 1.55. The van der Waals surface area contributed by atoms with Gasteiger partial charge in [-0.25, -0.2) is 19.2 Å². The Morgan fingerprint density at radius 1 is 1.33 bits per heavy atom. The quantitative estimate of drug-likeness (QED) is 0.891. The van der Waals surface area contributed by atoms with E-state index in [1.165, 1.54) is 18.3 Å². The van der Waals surface area contributed by atoms with Crippen molar-refractivity contribution in [3.63, 3.8) is 0 Å². The molecule has 2 aromatic rings. The average molecular weight is 289 g/mol. The van der Waals surface area contributed by atoms with Crippen molar-refractivity contribution in [1.29, 1.82) is 0 Å². The maximum Gasteiger partial charge on any atom is 0.354 e. The van der Waals surface area contributed by atoms with Gasteiger partial charge in [-0.3, -0.25) is 4.79 Å². The first-order valence-electron chi connectivity index (χ1n) is 6.07. The molecule has 2 N–H and O–H groups in total. The van der Waals surface area contributed by atoms with E-state index in [4.69, 9.17) is 5.11 Å². The Kier molecular flexibility index (Phi) is 4.22. The molecule has 2 rings (SSSR count). The van der Waals surface area contributed by atoms with E-state index in [-0.39, 0.29) is 23.9 Å². The van der Waals surface area contributed by atoms with Gasteiger partial charge < -0.3 is 10.4 Å². The Morgan fingerprint density at radius 2 is 2.10 bits per heavy atom. The van der Waals surface area contributed by atoms with E-state index in [1.54, 1.807) is 19.1 Å². The SMILES string of the molecule is Cc1cc(CNC(=O)c2nccc(C(=O)O)n2)ccc1F. The number of amides is 1. The van der Waals surface area contributed by atoms with Crippen LogP contribution in [0.1, 0.15) is 32.2 Å². The van der Waals surface area contributed by atoms with Crippen LogP contribution in [0.25, 0.3) is 0 Å². The van der Waals surface area contributed by atoms with Gasteiger partial charge in [0.2, 0.25) is 5.82 Å². The van der Waals surface area contributed by atoms with Gasteiger partial charge in [-0.1, -0.05) is 12.1 Å². The first-order valence-corrected chi connectivity index (χ1v) is 6.07. The number of hydrogen-bond donors (Lipinski definition) is 2. The molecule has 0 aliphatic carbocycles. The summed E-state index contributed by atoms with van der Waals surface area (Å²) in [6, 6.07) is 5.68. The molecule has 7 heteroatoms. The number of halogens is 1. The van der Waals surface area contributed by atoms with Crippen LogP contribution in [0.2, 0.25) is 0 Å². The van der Waals surface area contributed by atoms with Gasteiger partial charge in [0.05, 0.1) is 0 Å². The van der Waals surface area contributed by atoms with Crippen molar-refractivity contribution in [2.75, 3.05) is 0 Å². The third-order valence-corrected chi connectivity index (χ3v) is 2.75. The summed E-state index contributed by atoms with van der Waals surface area (Å²) in [5.74, 6) is -2.38. The monoisotopic (exact) mass is 289 g/mol. The van der Waals surface area contributed by atoms with Crippen LogP contribution in [0.15, 0.2) is 30.5 Å². The molecule has 0 saturated heterocycles. The first kappa shape index (κ1) is 14.6. The van der Waals surface area contributed by atoms with Crippen LogP contribution in [0.5, 0.6) is 0 Å². The maximum absolute atomic E-state index is 13.1. The highest BCUT2D eigenvalue weighted by Gasteiger charge is 2.12. The van der Waals surface area contributed by atoms with Crippen molar-refractivity contribution < 1.29 is 19.1 Å². The van der Waals surface area contributed by atoms with E-state index in [2.05, 4.69) is 15.3 Å². The fourth-order valence-corrected chi connectivity index (χ4v) is 1.67. The van der Waals surface area contributed by atoms with Crippen molar-refractivity contribution in [2.24, 2.45) is 0 Å². The summed E-state index contributed by atoms with van der Waals surface area (Å²) in [7, 11) is 0. The molecule has 0 spiro atoms. The molecule has 0 aliphatic heterocycles. The van der Waals surface area contributed by atoms with E-state index in [0.29, 0.717) is 5.56 Å². The second kappa shape index (κ2) is 6.08. The summed E-state index contributed by atoms with van der Waals surface area (Å²) in [6.45, 7) is 1.79. The number of rotatable bonds is 4. The molecule has 0 unspecified atom stereocenters. The number of carboxylic acid groups (broad SMARTS) is 1. The Hall–Kier alpha value is -2.83. The summed E-state index contributed by atoms with van der Waals surface area (Å²) in [5, 5.41) is 11.3. The van der Waals surface area contributed by atoms with Crippen molar-refractivity contribution in [3.05, 3.63) is 58.9 Å². The lowest BCUT2D eigenvalue weighted by Gasteiger charge is -2.06. The zero-order valence-corrected chi connectivity index (χ0v) is 11.1. The number of carbonyl (C=O) groups excluding carboxylic acids is 1. The van der Waals surface area contributed by atoms with Gasteiger partial charge in [0.1, 0.15) is 5.82 Å². The molecule has 0 fully saturated rings. The second-order valence-electron chi connectivity index (χ2n) is 4.34. The third kappa shape index (κ3) is 3.59. The lowest BCUT2D eigenvalue weighted by atomic mass is 10.1. The summed E-state index contributed by atoms with van der Waals surface area (Å²) < 4.78 is 13.1. The molecule has 1 heterocycles. The standard InChI is InChI=1S/C14H12FN3O3/c1-8-6-9(2-3-10(8)15)7-17-13(19)12-16-5-4-11(18-12)14(20)21/h2-6H,7H2,1H3,(H,17,19)(H,20,21). The molecule has 0 saturated carbocycles. The van der Waals surface area contributed by atoms with E-state index < -0.39 is 11.9 Å². The summed E-state index contributed by atoms with van der Waals surface area (Å²) in [4.78, 5) is 30.0. The fourth-order valence-electron chi connectivity index (χ4n) is 1.67. The topological polar surface area (TPSA) is 92.2 Å². The van der Waals surface area contributed by atoms with Gasteiger partial charge >= 0.3 is 5.97 Å². The molecule has 0 radical (unpaired) electrons. The number of nitrogens with zero attached hydrogens (tertiary/aromatic N) is 2. The van der Waals surface area contributed by atoms with Crippen LogP contribution in [0, 0.1) is 12.7 Å². The number of aromatic carboxylic acids is 1. The Labute approximate surface area is 119 Å². The number of aryl methyl sites for hydroxylation is 1. The van der Waals surface area contributed by atoms with Crippen molar-refractivity contribution in [1.82, 2.24) is 15.3 Å². The van der Waals surface area contributed by atoms with Crippen LogP contribution in [-0.4, -0.2) is 27.0 Å². The summed E-state index contributed by atoms with van der Waals surface area (Å²) in [5.41, 5.74) is 0.940. The van der Waals surface area contributed by atoms with Gasteiger partial charge in [0.25, 0.3) is 5.91 Å². The number of benzene rings is 1. The van der Waals surface area contributed by atoms with Crippen molar-refractivity contribution in [3.8, 4) is 0 Å². The number of aromatic nitrogens is 2. The molecule has 1 aromatic heterocycles. The normalized spacial score (nSPS) is 10.2. The van der Waals surface area contributed by atoms with E-state index in [9.17, 15) is 14.0 Å². The van der Waals surface area contributed by atoms with Crippen LogP contribution in [0.3, 0.4) is 0 Å². The summed E-state index contributed by atoms with van der Waals surface area (Å²) >= 11 is 0. The van der Waals surface area contributed by atoms with Gasteiger partial charge in [-0.15, -0.1) is 0 Å². The van der Waals surface area contributed by atoms with Crippen LogP contribution >= 0.6 is 0 Å². The smallest absolute Gasteiger partial charge is 0.354 e. The van der Waals surface area contributed by atoms with E-state index in [1.807, 2.05) is 0 Å². The molecule has 1 amide bonds. The first-order chi connectivity index (χ1) is 9.97. The van der Waals surface area contributed by atoms with Gasteiger partial charge in [0.15, 0.2) is 5.69 Å². The minimum absolute atomic E-state index is 0.167. The number of nitrogens with one attached hydrogen (secondary N) is 1. The molecule has 21 heavy (non-hydrogen) atoms.